The molecule has 162 valence electrons. The van der Waals surface area contributed by atoms with Crippen LogP contribution in [0.2, 0.25) is 0 Å². The highest BCUT2D eigenvalue weighted by molar-refractivity contribution is 5.71. The molecule has 1 aromatic carbocycles. The zero-order chi connectivity index (χ0) is 22.1. The summed E-state index contributed by atoms with van der Waals surface area (Å²) in [7, 11) is 1.80. The second-order valence-electron chi connectivity index (χ2n) is 8.58. The van der Waals surface area contributed by atoms with Crippen molar-refractivity contribution in [3.05, 3.63) is 40.2 Å². The number of ether oxygens (including phenoxy) is 2. The van der Waals surface area contributed by atoms with Crippen LogP contribution in [0, 0.1) is 17.0 Å². The first-order valence-corrected chi connectivity index (χ1v) is 9.96. The number of nitro groups is 1. The lowest BCUT2D eigenvalue weighted by atomic mass is 10.0. The molecule has 1 aliphatic heterocycles. The average Bonchev–Trinajstić information content (AvgIpc) is 3.07. The molecule has 1 aliphatic rings. The zero-order valence-electron chi connectivity index (χ0n) is 18.0. The minimum atomic E-state index is -0.543. The molecular formula is C21H28N4O5. The quantitative estimate of drug-likeness (QED) is 0.550. The van der Waals surface area contributed by atoms with E-state index in [1.54, 1.807) is 28.9 Å². The first-order valence-electron chi connectivity index (χ1n) is 9.96. The lowest BCUT2D eigenvalue weighted by Gasteiger charge is -2.33. The van der Waals surface area contributed by atoms with Crippen molar-refractivity contribution >= 4 is 11.8 Å². The molecule has 0 saturated carbocycles. The molecule has 2 heterocycles. The van der Waals surface area contributed by atoms with Gasteiger partial charge in [0, 0.05) is 50.8 Å². The number of rotatable bonds is 4. The predicted octanol–water partition coefficient (Wildman–Crippen LogP) is 4.08. The van der Waals surface area contributed by atoms with Gasteiger partial charge in [-0.25, -0.2) is 4.79 Å². The van der Waals surface area contributed by atoms with E-state index in [0.29, 0.717) is 25.9 Å². The van der Waals surface area contributed by atoms with Gasteiger partial charge in [0.25, 0.3) is 0 Å². The number of hydrogen-bond acceptors (Lipinski definition) is 6. The molecule has 30 heavy (non-hydrogen) atoms. The molecule has 1 fully saturated rings. The van der Waals surface area contributed by atoms with Gasteiger partial charge in [0.15, 0.2) is 5.75 Å². The summed E-state index contributed by atoms with van der Waals surface area (Å²) >= 11 is 0. The summed E-state index contributed by atoms with van der Waals surface area (Å²) in [5.41, 5.74) is 1.82. The molecule has 9 nitrogen and oxygen atoms in total. The topological polar surface area (TPSA) is 99.7 Å². The number of aryl methyl sites for hydroxylation is 2. The Hall–Kier alpha value is -3.10. The Morgan fingerprint density at radius 2 is 1.93 bits per heavy atom. The fourth-order valence-corrected chi connectivity index (χ4v) is 3.44. The second-order valence-corrected chi connectivity index (χ2v) is 8.58. The van der Waals surface area contributed by atoms with E-state index >= 15 is 0 Å². The number of hydrogen-bond donors (Lipinski definition) is 0. The summed E-state index contributed by atoms with van der Waals surface area (Å²) in [6, 6.07) is 3.25. The molecular weight excluding hydrogens is 388 g/mol. The number of amides is 1. The SMILES string of the molecule is Cc1cc(OC2CCN(C(=O)OC(C)(C)C)CC2)c([N+](=O)[O-])cc1-c1cnn(C)c1. The molecule has 1 amide bonds. The van der Waals surface area contributed by atoms with Crippen molar-refractivity contribution in [2.45, 2.75) is 52.2 Å². The fourth-order valence-electron chi connectivity index (χ4n) is 3.44. The minimum Gasteiger partial charge on any atom is -0.483 e. The maximum absolute atomic E-state index is 12.2. The summed E-state index contributed by atoms with van der Waals surface area (Å²) in [6.07, 6.45) is 4.12. The van der Waals surface area contributed by atoms with Crippen LogP contribution in [0.1, 0.15) is 39.2 Å². The van der Waals surface area contributed by atoms with Crippen molar-refractivity contribution in [3.63, 3.8) is 0 Å². The molecule has 0 bridgehead atoms. The molecule has 1 aromatic heterocycles. The number of carbonyl (C=O) groups excluding carboxylic acids is 1. The Labute approximate surface area is 175 Å². The number of aromatic nitrogens is 2. The number of benzene rings is 1. The van der Waals surface area contributed by atoms with Gasteiger partial charge in [-0.2, -0.15) is 5.10 Å². The van der Waals surface area contributed by atoms with Crippen molar-refractivity contribution in [1.29, 1.82) is 0 Å². The smallest absolute Gasteiger partial charge is 0.410 e. The molecule has 0 atom stereocenters. The van der Waals surface area contributed by atoms with E-state index in [1.807, 2.05) is 33.9 Å². The summed E-state index contributed by atoms with van der Waals surface area (Å²) in [6.45, 7) is 8.36. The van der Waals surface area contributed by atoms with Crippen LogP contribution < -0.4 is 4.74 Å². The summed E-state index contributed by atoms with van der Waals surface area (Å²) in [5, 5.41) is 15.8. The maximum atomic E-state index is 12.2. The number of carbonyl (C=O) groups is 1. The van der Waals surface area contributed by atoms with Crippen LogP contribution >= 0.6 is 0 Å². The Morgan fingerprint density at radius 1 is 1.27 bits per heavy atom. The van der Waals surface area contributed by atoms with E-state index in [0.717, 1.165) is 16.7 Å². The van der Waals surface area contributed by atoms with E-state index in [-0.39, 0.29) is 23.6 Å². The summed E-state index contributed by atoms with van der Waals surface area (Å²) < 4.78 is 13.1. The standard InChI is InChI=1S/C21H28N4O5/c1-14-10-19(18(25(27)28)11-17(14)15-12-22-23(5)13-15)29-16-6-8-24(9-7-16)20(26)30-21(2,3)4/h10-13,16H,6-9H2,1-5H3. The molecule has 9 heteroatoms. The molecule has 0 unspecified atom stereocenters. The van der Waals surface area contributed by atoms with Crippen molar-refractivity contribution < 1.29 is 19.2 Å². The fraction of sp³-hybridized carbons (Fsp3) is 0.524. The number of nitro benzene ring substituents is 1. The van der Waals surface area contributed by atoms with Crippen molar-refractivity contribution in [1.82, 2.24) is 14.7 Å². The summed E-state index contributed by atoms with van der Waals surface area (Å²) in [5.74, 6) is 0.251. The largest absolute Gasteiger partial charge is 0.483 e. The van der Waals surface area contributed by atoms with Crippen LogP contribution in [0.4, 0.5) is 10.5 Å². The molecule has 0 radical (unpaired) electrons. The molecule has 0 N–H and O–H groups in total. The van der Waals surface area contributed by atoms with Crippen LogP contribution in [0.5, 0.6) is 5.75 Å². The van der Waals surface area contributed by atoms with Gasteiger partial charge in [0.05, 0.1) is 11.1 Å². The average molecular weight is 416 g/mol. The monoisotopic (exact) mass is 416 g/mol. The lowest BCUT2D eigenvalue weighted by molar-refractivity contribution is -0.386. The van der Waals surface area contributed by atoms with Crippen LogP contribution in [-0.2, 0) is 11.8 Å². The van der Waals surface area contributed by atoms with Gasteiger partial charge in [-0.05, 0) is 44.9 Å². The summed E-state index contributed by atoms with van der Waals surface area (Å²) in [4.78, 5) is 25.1. The zero-order valence-corrected chi connectivity index (χ0v) is 18.0. The maximum Gasteiger partial charge on any atom is 0.410 e. The van der Waals surface area contributed by atoms with Crippen molar-refractivity contribution in [2.24, 2.45) is 7.05 Å². The Kier molecular flexibility index (Phi) is 6.00. The third kappa shape index (κ3) is 5.08. The minimum absolute atomic E-state index is 0.0750. The third-order valence-corrected chi connectivity index (χ3v) is 4.91. The van der Waals surface area contributed by atoms with E-state index in [2.05, 4.69) is 5.10 Å². The van der Waals surface area contributed by atoms with Crippen LogP contribution in [0.3, 0.4) is 0 Å². The Morgan fingerprint density at radius 3 is 2.47 bits per heavy atom. The second kappa shape index (κ2) is 8.33. The highest BCUT2D eigenvalue weighted by Crippen LogP contribution is 2.36. The molecule has 3 rings (SSSR count). The van der Waals surface area contributed by atoms with Crippen LogP contribution in [0.25, 0.3) is 11.1 Å². The van der Waals surface area contributed by atoms with Crippen LogP contribution in [-0.4, -0.2) is 50.5 Å². The van der Waals surface area contributed by atoms with Crippen LogP contribution in [0.15, 0.2) is 24.5 Å². The van der Waals surface area contributed by atoms with Gasteiger partial charge < -0.3 is 14.4 Å². The highest BCUT2D eigenvalue weighted by atomic mass is 16.6. The van der Waals surface area contributed by atoms with Gasteiger partial charge in [-0.3, -0.25) is 14.8 Å². The predicted molar refractivity (Wildman–Crippen MR) is 111 cm³/mol. The Bertz CT molecular complexity index is 939. The van der Waals surface area contributed by atoms with E-state index in [1.165, 1.54) is 6.07 Å². The highest BCUT2D eigenvalue weighted by Gasteiger charge is 2.29. The molecule has 0 aliphatic carbocycles. The van der Waals surface area contributed by atoms with E-state index in [9.17, 15) is 14.9 Å². The van der Waals surface area contributed by atoms with Gasteiger partial charge >= 0.3 is 11.8 Å². The third-order valence-electron chi connectivity index (χ3n) is 4.91. The lowest BCUT2D eigenvalue weighted by Crippen LogP contribution is -2.44. The van der Waals surface area contributed by atoms with Crippen molar-refractivity contribution in [2.75, 3.05) is 13.1 Å². The first-order chi connectivity index (χ1) is 14.0. The van der Waals surface area contributed by atoms with E-state index < -0.39 is 10.5 Å². The normalized spacial score (nSPS) is 15.2. The molecule has 1 saturated heterocycles. The van der Waals surface area contributed by atoms with Gasteiger partial charge in [0.1, 0.15) is 11.7 Å². The van der Waals surface area contributed by atoms with Gasteiger partial charge in [-0.1, -0.05) is 0 Å². The number of nitrogens with zero attached hydrogens (tertiary/aromatic N) is 4. The van der Waals surface area contributed by atoms with Gasteiger partial charge in [0.2, 0.25) is 0 Å². The first kappa shape index (κ1) is 21.6. The van der Waals surface area contributed by atoms with E-state index in [4.69, 9.17) is 9.47 Å². The number of likely N-dealkylation sites (tertiary alicyclic amines) is 1. The molecule has 2 aromatic rings. The van der Waals surface area contributed by atoms with Gasteiger partial charge in [-0.15, -0.1) is 0 Å². The Balaban J connectivity index is 1.72. The van der Waals surface area contributed by atoms with Crippen molar-refractivity contribution in [3.8, 4) is 16.9 Å². The molecule has 0 spiro atoms. The number of piperidine rings is 1.